The van der Waals surface area contributed by atoms with E-state index in [0.717, 1.165) is 0 Å². The normalized spacial score (nSPS) is 10.3. The second-order valence-corrected chi connectivity index (χ2v) is 4.35. The lowest BCUT2D eigenvalue weighted by molar-refractivity contribution is 0.102. The summed E-state index contributed by atoms with van der Waals surface area (Å²) in [5, 5.41) is 2.62. The van der Waals surface area contributed by atoms with Crippen molar-refractivity contribution >= 4 is 50.9 Å². The number of hydrogen-bond acceptors (Lipinski definition) is 4. The zero-order chi connectivity index (χ0) is 12.4. The van der Waals surface area contributed by atoms with Crippen molar-refractivity contribution in [2.75, 3.05) is 5.32 Å². The first-order valence-electron chi connectivity index (χ1n) is 4.30. The Balaban J connectivity index is 2.21. The van der Waals surface area contributed by atoms with Crippen molar-refractivity contribution in [1.82, 2.24) is 9.97 Å². The van der Waals surface area contributed by atoms with Crippen LogP contribution < -0.4 is 5.32 Å². The molecule has 0 bridgehead atoms. The first-order chi connectivity index (χ1) is 8.06. The van der Waals surface area contributed by atoms with Crippen molar-refractivity contribution in [3.8, 4) is 0 Å². The molecule has 0 saturated heterocycles. The van der Waals surface area contributed by atoms with Crippen LogP contribution in [0.5, 0.6) is 0 Å². The molecule has 0 aliphatic heterocycles. The summed E-state index contributed by atoms with van der Waals surface area (Å²) in [5.74, 6) is -0.176. The lowest BCUT2D eigenvalue weighted by Crippen LogP contribution is -2.12. The number of furan rings is 1. The van der Waals surface area contributed by atoms with Crippen LogP contribution in [0.25, 0.3) is 0 Å². The number of aromatic nitrogens is 2. The third-order valence-electron chi connectivity index (χ3n) is 1.77. The molecule has 1 N–H and O–H groups in total. The van der Waals surface area contributed by atoms with Crippen molar-refractivity contribution in [3.63, 3.8) is 0 Å². The Morgan fingerprint density at radius 3 is 2.76 bits per heavy atom. The number of nitrogens with one attached hydrogen (secondary N) is 1. The van der Waals surface area contributed by atoms with Crippen LogP contribution in [0.3, 0.4) is 0 Å². The highest BCUT2D eigenvalue weighted by molar-refractivity contribution is 9.10. The van der Waals surface area contributed by atoms with Crippen LogP contribution in [0.4, 0.5) is 5.82 Å². The largest absolute Gasteiger partial charge is 0.457 e. The fraction of sp³-hybridized carbons (Fsp3) is 0. The number of carbonyl (C=O) groups is 1. The van der Waals surface area contributed by atoms with Gasteiger partial charge in [-0.2, -0.15) is 0 Å². The Morgan fingerprint density at radius 2 is 2.18 bits per heavy atom. The summed E-state index contributed by atoms with van der Waals surface area (Å²) < 4.78 is 5.28. The number of anilines is 1. The number of rotatable bonds is 2. The van der Waals surface area contributed by atoms with Crippen LogP contribution in [0.1, 0.15) is 10.4 Å². The molecule has 0 saturated carbocycles. The van der Waals surface area contributed by atoms with Gasteiger partial charge in [-0.25, -0.2) is 9.97 Å². The molecule has 2 rings (SSSR count). The predicted octanol–water partition coefficient (Wildman–Crippen LogP) is 3.39. The average molecular weight is 337 g/mol. The molecule has 0 spiro atoms. The van der Waals surface area contributed by atoms with Crippen molar-refractivity contribution in [2.24, 2.45) is 0 Å². The molecule has 0 fully saturated rings. The van der Waals surface area contributed by atoms with Gasteiger partial charge in [-0.3, -0.25) is 4.79 Å². The number of carbonyl (C=O) groups excluding carboxylic acids is 1. The molecule has 1 amide bonds. The zero-order valence-electron chi connectivity index (χ0n) is 8.08. The second kappa shape index (κ2) is 5.03. The van der Waals surface area contributed by atoms with Crippen molar-refractivity contribution in [2.45, 2.75) is 0 Å². The molecule has 0 unspecified atom stereocenters. The van der Waals surface area contributed by atoms with E-state index in [1.54, 1.807) is 0 Å². The maximum atomic E-state index is 11.8. The summed E-state index contributed by atoms with van der Waals surface area (Å²) in [6.07, 6.45) is 1.39. The zero-order valence-corrected chi connectivity index (χ0v) is 11.2. The number of amides is 1. The summed E-state index contributed by atoms with van der Waals surface area (Å²) in [7, 11) is 0. The van der Waals surface area contributed by atoms with E-state index in [2.05, 4.69) is 31.2 Å². The Hall–Kier alpha value is -1.11. The van der Waals surface area contributed by atoms with E-state index in [1.165, 1.54) is 18.4 Å². The molecule has 0 atom stereocenters. The minimum absolute atomic E-state index is 0.0425. The highest BCUT2D eigenvalue weighted by Crippen LogP contribution is 2.20. The SMILES string of the molecule is O=C(Nc1cc(Cl)nc(Cl)n1)c1ccoc1Br. The molecule has 5 nitrogen and oxygen atoms in total. The molecule has 2 aromatic rings. The summed E-state index contributed by atoms with van der Waals surface area (Å²) in [6, 6.07) is 2.91. The molecular formula is C9H4BrCl2N3O2. The van der Waals surface area contributed by atoms with E-state index in [-0.39, 0.29) is 16.3 Å². The Bertz CT molecular complexity index is 553. The van der Waals surface area contributed by atoms with Gasteiger partial charge >= 0.3 is 0 Å². The Morgan fingerprint density at radius 1 is 1.41 bits per heavy atom. The average Bonchev–Trinajstić information content (AvgIpc) is 2.62. The third kappa shape index (κ3) is 2.96. The highest BCUT2D eigenvalue weighted by Gasteiger charge is 2.14. The molecule has 2 heterocycles. The molecule has 0 aliphatic carbocycles. The molecule has 2 aromatic heterocycles. The molecule has 17 heavy (non-hydrogen) atoms. The fourth-order valence-electron chi connectivity index (χ4n) is 1.09. The summed E-state index contributed by atoms with van der Waals surface area (Å²) in [4.78, 5) is 19.2. The van der Waals surface area contributed by atoms with Crippen LogP contribution in [0.15, 0.2) is 27.5 Å². The van der Waals surface area contributed by atoms with Gasteiger partial charge in [0.1, 0.15) is 11.0 Å². The molecule has 88 valence electrons. The first-order valence-corrected chi connectivity index (χ1v) is 5.85. The number of halogens is 3. The van der Waals surface area contributed by atoms with Crippen LogP contribution in [-0.4, -0.2) is 15.9 Å². The van der Waals surface area contributed by atoms with Crippen LogP contribution in [0.2, 0.25) is 10.4 Å². The van der Waals surface area contributed by atoms with E-state index in [0.29, 0.717) is 10.2 Å². The van der Waals surface area contributed by atoms with Crippen LogP contribution >= 0.6 is 39.1 Å². The number of nitrogens with zero attached hydrogens (tertiary/aromatic N) is 2. The van der Waals surface area contributed by atoms with Gasteiger partial charge < -0.3 is 9.73 Å². The molecular weight excluding hydrogens is 333 g/mol. The molecule has 8 heteroatoms. The van der Waals surface area contributed by atoms with Gasteiger partial charge in [0.25, 0.3) is 5.91 Å². The Kier molecular flexibility index (Phi) is 3.66. The van der Waals surface area contributed by atoms with Gasteiger partial charge in [-0.1, -0.05) is 11.6 Å². The summed E-state index contributed by atoms with van der Waals surface area (Å²) in [5.41, 5.74) is 0.343. The minimum Gasteiger partial charge on any atom is -0.457 e. The predicted molar refractivity (Wildman–Crippen MR) is 66.4 cm³/mol. The van der Waals surface area contributed by atoms with Gasteiger partial charge in [0.2, 0.25) is 5.28 Å². The minimum atomic E-state index is -0.392. The van der Waals surface area contributed by atoms with E-state index in [4.69, 9.17) is 27.6 Å². The van der Waals surface area contributed by atoms with Crippen LogP contribution in [0, 0.1) is 0 Å². The van der Waals surface area contributed by atoms with Gasteiger partial charge in [0.05, 0.1) is 11.8 Å². The third-order valence-corrected chi connectivity index (χ3v) is 2.75. The summed E-state index contributed by atoms with van der Waals surface area (Å²) >= 11 is 14.4. The van der Waals surface area contributed by atoms with Crippen molar-refractivity contribution in [1.29, 1.82) is 0 Å². The summed E-state index contributed by atoms with van der Waals surface area (Å²) in [6.45, 7) is 0. The number of hydrogen-bond donors (Lipinski definition) is 1. The molecule has 0 radical (unpaired) electrons. The first kappa shape index (κ1) is 12.3. The van der Waals surface area contributed by atoms with Crippen molar-refractivity contribution in [3.05, 3.63) is 39.1 Å². The monoisotopic (exact) mass is 335 g/mol. The lowest BCUT2D eigenvalue weighted by atomic mass is 10.3. The quantitative estimate of drug-likeness (QED) is 0.674. The maximum Gasteiger partial charge on any atom is 0.261 e. The Labute approximate surface area is 114 Å². The molecule has 0 aromatic carbocycles. The van der Waals surface area contributed by atoms with E-state index < -0.39 is 5.91 Å². The van der Waals surface area contributed by atoms with E-state index >= 15 is 0 Å². The topological polar surface area (TPSA) is 68.0 Å². The molecule has 0 aliphatic rings. The standard InChI is InChI=1S/C9H4BrCl2N3O2/c10-7-4(1-2-17-7)8(16)14-6-3-5(11)13-9(12)15-6/h1-3H,(H,13,14,15,16). The van der Waals surface area contributed by atoms with Gasteiger partial charge in [0, 0.05) is 6.07 Å². The maximum absolute atomic E-state index is 11.8. The van der Waals surface area contributed by atoms with Crippen LogP contribution in [-0.2, 0) is 0 Å². The smallest absolute Gasteiger partial charge is 0.261 e. The van der Waals surface area contributed by atoms with E-state index in [1.807, 2.05) is 0 Å². The van der Waals surface area contributed by atoms with Gasteiger partial charge in [0.15, 0.2) is 4.67 Å². The van der Waals surface area contributed by atoms with Gasteiger partial charge in [-0.15, -0.1) is 0 Å². The second-order valence-electron chi connectivity index (χ2n) is 2.91. The highest BCUT2D eigenvalue weighted by atomic mass is 79.9. The van der Waals surface area contributed by atoms with Crippen molar-refractivity contribution < 1.29 is 9.21 Å². The van der Waals surface area contributed by atoms with Gasteiger partial charge in [-0.05, 0) is 33.6 Å². The fourth-order valence-corrected chi connectivity index (χ4v) is 1.92. The lowest BCUT2D eigenvalue weighted by Gasteiger charge is -2.03. The van der Waals surface area contributed by atoms with E-state index in [9.17, 15) is 4.79 Å².